The molecule has 2 rings (SSSR count). The van der Waals surface area contributed by atoms with Crippen molar-refractivity contribution in [3.63, 3.8) is 0 Å². The summed E-state index contributed by atoms with van der Waals surface area (Å²) in [6.45, 7) is 12.7. The third-order valence-electron chi connectivity index (χ3n) is 4.51. The molecule has 1 aliphatic carbocycles. The first-order valence-corrected chi connectivity index (χ1v) is 7.66. The molecule has 0 amide bonds. The van der Waals surface area contributed by atoms with Crippen molar-refractivity contribution < 1.29 is 0 Å². The van der Waals surface area contributed by atoms with Gasteiger partial charge in [0.1, 0.15) is 0 Å². The van der Waals surface area contributed by atoms with Crippen molar-refractivity contribution >= 4 is 0 Å². The Labute approximate surface area is 118 Å². The summed E-state index contributed by atoms with van der Waals surface area (Å²) in [5, 5.41) is 3.71. The molecule has 0 bridgehead atoms. The van der Waals surface area contributed by atoms with Gasteiger partial charge in [0.05, 0.1) is 0 Å². The zero-order valence-electron chi connectivity index (χ0n) is 13.2. The fourth-order valence-electron chi connectivity index (χ4n) is 2.50. The Morgan fingerprint density at radius 1 is 1.16 bits per heavy atom. The van der Waals surface area contributed by atoms with Crippen LogP contribution in [0.4, 0.5) is 0 Å². The molecule has 1 heteroatoms. The molecule has 1 saturated carbocycles. The van der Waals surface area contributed by atoms with Gasteiger partial charge >= 0.3 is 0 Å². The van der Waals surface area contributed by atoms with Gasteiger partial charge in [-0.2, -0.15) is 0 Å². The van der Waals surface area contributed by atoms with E-state index in [9.17, 15) is 0 Å². The van der Waals surface area contributed by atoms with E-state index in [1.54, 1.807) is 0 Å². The van der Waals surface area contributed by atoms with Crippen LogP contribution in [-0.2, 0) is 6.42 Å². The summed E-state index contributed by atoms with van der Waals surface area (Å²) in [5.74, 6) is 0.704. The van der Waals surface area contributed by atoms with Crippen molar-refractivity contribution in [3.05, 3.63) is 34.9 Å². The Kier molecular flexibility index (Phi) is 4.35. The highest BCUT2D eigenvalue weighted by molar-refractivity contribution is 5.30. The van der Waals surface area contributed by atoms with Crippen molar-refractivity contribution in [2.75, 3.05) is 6.54 Å². The fourth-order valence-corrected chi connectivity index (χ4v) is 2.50. The maximum absolute atomic E-state index is 3.71. The number of rotatable bonds is 5. The van der Waals surface area contributed by atoms with Gasteiger partial charge in [0.2, 0.25) is 0 Å². The van der Waals surface area contributed by atoms with E-state index in [2.05, 4.69) is 58.1 Å². The molecule has 1 aromatic carbocycles. The van der Waals surface area contributed by atoms with Crippen LogP contribution < -0.4 is 5.32 Å². The first-order valence-electron chi connectivity index (χ1n) is 7.66. The molecule has 0 spiro atoms. The van der Waals surface area contributed by atoms with E-state index in [0.29, 0.717) is 11.3 Å². The Balaban J connectivity index is 2.02. The quantitative estimate of drug-likeness (QED) is 0.833. The van der Waals surface area contributed by atoms with E-state index in [-0.39, 0.29) is 0 Å². The van der Waals surface area contributed by atoms with Crippen LogP contribution in [0.15, 0.2) is 18.2 Å². The van der Waals surface area contributed by atoms with E-state index < -0.39 is 0 Å². The summed E-state index contributed by atoms with van der Waals surface area (Å²) in [4.78, 5) is 0. The van der Waals surface area contributed by atoms with Gasteiger partial charge in [0.25, 0.3) is 0 Å². The number of benzene rings is 1. The first-order chi connectivity index (χ1) is 8.86. The van der Waals surface area contributed by atoms with Crippen molar-refractivity contribution in [2.45, 2.75) is 59.9 Å². The largest absolute Gasteiger partial charge is 0.314 e. The molecule has 0 heterocycles. The summed E-state index contributed by atoms with van der Waals surface area (Å²) in [6, 6.07) is 7.74. The molecule has 0 saturated heterocycles. The number of nitrogens with one attached hydrogen (secondary N) is 1. The molecule has 0 aromatic heterocycles. The molecule has 1 N–H and O–H groups in total. The van der Waals surface area contributed by atoms with Gasteiger partial charge in [-0.05, 0) is 67.7 Å². The molecule has 0 aliphatic heterocycles. The molecule has 106 valence electrons. The topological polar surface area (TPSA) is 12.0 Å². The maximum Gasteiger partial charge on any atom is 0.00683 e. The lowest BCUT2D eigenvalue weighted by Gasteiger charge is -2.31. The third-order valence-corrected chi connectivity index (χ3v) is 4.51. The summed E-state index contributed by atoms with van der Waals surface area (Å²) in [6.07, 6.45) is 3.94. The van der Waals surface area contributed by atoms with Crippen LogP contribution >= 0.6 is 0 Å². The smallest absolute Gasteiger partial charge is 0.00683 e. The summed E-state index contributed by atoms with van der Waals surface area (Å²) >= 11 is 0. The molecule has 1 nitrogen and oxygen atoms in total. The third kappa shape index (κ3) is 4.35. The van der Waals surface area contributed by atoms with E-state index in [0.717, 1.165) is 12.6 Å². The number of hydrogen-bond donors (Lipinski definition) is 1. The fraction of sp³-hybridized carbons (Fsp3) is 0.667. The van der Waals surface area contributed by atoms with E-state index in [1.165, 1.54) is 36.0 Å². The highest BCUT2D eigenvalue weighted by Crippen LogP contribution is 2.30. The standard InChI is InChI=1S/C18H29N/c1-13-6-7-15(10-14(13)2)11-16(18(3,4)5)12-19-17-8-9-17/h6-7,10,16-17,19H,8-9,11-12H2,1-5H3. The minimum atomic E-state index is 0.362. The number of aryl methyl sites for hydroxylation is 2. The average molecular weight is 259 g/mol. The minimum absolute atomic E-state index is 0.362. The van der Waals surface area contributed by atoms with Gasteiger partial charge in [-0.25, -0.2) is 0 Å². The lowest BCUT2D eigenvalue weighted by atomic mass is 9.77. The van der Waals surface area contributed by atoms with Gasteiger partial charge in [-0.15, -0.1) is 0 Å². The average Bonchev–Trinajstić information content (AvgIpc) is 3.11. The van der Waals surface area contributed by atoms with E-state index >= 15 is 0 Å². The molecule has 1 aromatic rings. The van der Waals surface area contributed by atoms with Crippen LogP contribution in [0.2, 0.25) is 0 Å². The van der Waals surface area contributed by atoms with Crippen LogP contribution in [0.3, 0.4) is 0 Å². The zero-order chi connectivity index (χ0) is 14.0. The van der Waals surface area contributed by atoms with Gasteiger partial charge in [-0.1, -0.05) is 39.0 Å². The molecule has 1 aliphatic rings. The van der Waals surface area contributed by atoms with Crippen molar-refractivity contribution in [1.29, 1.82) is 0 Å². The highest BCUT2D eigenvalue weighted by atomic mass is 14.9. The Morgan fingerprint density at radius 2 is 1.84 bits per heavy atom. The second kappa shape index (κ2) is 5.66. The Morgan fingerprint density at radius 3 is 2.37 bits per heavy atom. The molecular weight excluding hydrogens is 230 g/mol. The lowest BCUT2D eigenvalue weighted by molar-refractivity contribution is 0.230. The SMILES string of the molecule is Cc1ccc(CC(CNC2CC2)C(C)(C)C)cc1C. The molecule has 1 atom stereocenters. The molecule has 1 unspecified atom stereocenters. The van der Waals surface area contributed by atoms with Gasteiger partial charge < -0.3 is 5.32 Å². The number of hydrogen-bond acceptors (Lipinski definition) is 1. The first kappa shape index (κ1) is 14.6. The molecule has 19 heavy (non-hydrogen) atoms. The zero-order valence-corrected chi connectivity index (χ0v) is 13.2. The maximum atomic E-state index is 3.71. The van der Waals surface area contributed by atoms with Crippen LogP contribution in [0, 0.1) is 25.2 Å². The molecule has 1 fully saturated rings. The van der Waals surface area contributed by atoms with Gasteiger partial charge in [0.15, 0.2) is 0 Å². The van der Waals surface area contributed by atoms with Crippen LogP contribution in [-0.4, -0.2) is 12.6 Å². The summed E-state index contributed by atoms with van der Waals surface area (Å²) in [7, 11) is 0. The van der Waals surface area contributed by atoms with E-state index in [4.69, 9.17) is 0 Å². The van der Waals surface area contributed by atoms with Crippen molar-refractivity contribution in [1.82, 2.24) is 5.32 Å². The Bertz CT molecular complexity index is 424. The molecule has 0 radical (unpaired) electrons. The van der Waals surface area contributed by atoms with Crippen molar-refractivity contribution in [2.24, 2.45) is 11.3 Å². The summed E-state index contributed by atoms with van der Waals surface area (Å²) < 4.78 is 0. The van der Waals surface area contributed by atoms with Crippen molar-refractivity contribution in [3.8, 4) is 0 Å². The monoisotopic (exact) mass is 259 g/mol. The summed E-state index contributed by atoms with van der Waals surface area (Å²) in [5.41, 5.74) is 4.66. The second-order valence-electron chi connectivity index (χ2n) is 7.37. The van der Waals surface area contributed by atoms with Crippen LogP contribution in [0.1, 0.15) is 50.3 Å². The lowest BCUT2D eigenvalue weighted by Crippen LogP contribution is -2.34. The van der Waals surface area contributed by atoms with E-state index in [1.807, 2.05) is 0 Å². The second-order valence-corrected chi connectivity index (χ2v) is 7.37. The minimum Gasteiger partial charge on any atom is -0.314 e. The van der Waals surface area contributed by atoms with Gasteiger partial charge in [-0.3, -0.25) is 0 Å². The highest BCUT2D eigenvalue weighted by Gasteiger charge is 2.28. The predicted molar refractivity (Wildman–Crippen MR) is 83.6 cm³/mol. The Hall–Kier alpha value is -0.820. The van der Waals surface area contributed by atoms with Gasteiger partial charge in [0, 0.05) is 6.04 Å². The predicted octanol–water partition coefficient (Wildman–Crippen LogP) is 4.26. The molecular formula is C18H29N. The van der Waals surface area contributed by atoms with Crippen LogP contribution in [0.25, 0.3) is 0 Å². The van der Waals surface area contributed by atoms with Crippen LogP contribution in [0.5, 0.6) is 0 Å². The normalized spacial score (nSPS) is 17.5.